The molecule has 0 aliphatic rings. The van der Waals surface area contributed by atoms with Crippen molar-refractivity contribution in [3.8, 4) is 0 Å². The topological polar surface area (TPSA) is 63.2 Å². The predicted octanol–water partition coefficient (Wildman–Crippen LogP) is 1.59. The summed E-state index contributed by atoms with van der Waals surface area (Å²) in [6.07, 6.45) is 0. The summed E-state index contributed by atoms with van der Waals surface area (Å²) in [6.45, 7) is 5.20. The Morgan fingerprint density at radius 3 is 2.18 bits per heavy atom. The van der Waals surface area contributed by atoms with E-state index in [2.05, 4.69) is 4.72 Å². The van der Waals surface area contributed by atoms with Crippen LogP contribution in [0.4, 0.5) is 0 Å². The third-order valence-electron chi connectivity index (χ3n) is 1.88. The van der Waals surface area contributed by atoms with Crippen molar-refractivity contribution in [2.24, 2.45) is 0 Å². The van der Waals surface area contributed by atoms with Crippen LogP contribution < -0.4 is 4.72 Å². The summed E-state index contributed by atoms with van der Waals surface area (Å²) in [5.41, 5.74) is -0.165. The van der Waals surface area contributed by atoms with E-state index in [1.54, 1.807) is 51.1 Å². The van der Waals surface area contributed by atoms with Gasteiger partial charge in [0.1, 0.15) is 5.75 Å². The first-order valence-electron chi connectivity index (χ1n) is 5.29. The largest absolute Gasteiger partial charge is 0.293 e. The van der Waals surface area contributed by atoms with Gasteiger partial charge in [-0.2, -0.15) is 0 Å². The molecule has 0 saturated heterocycles. The Balaban J connectivity index is 2.76. The first-order valence-corrected chi connectivity index (χ1v) is 6.95. The molecule has 1 N–H and O–H groups in total. The van der Waals surface area contributed by atoms with E-state index in [1.165, 1.54) is 0 Å². The predicted molar refractivity (Wildman–Crippen MR) is 67.4 cm³/mol. The van der Waals surface area contributed by atoms with Crippen molar-refractivity contribution in [2.75, 3.05) is 5.75 Å². The highest BCUT2D eigenvalue weighted by Gasteiger charge is 2.23. The molecule has 0 heterocycles. The molecular formula is C12H17NO3S. The average Bonchev–Trinajstić information content (AvgIpc) is 2.14. The minimum atomic E-state index is -3.59. The van der Waals surface area contributed by atoms with E-state index in [-0.39, 0.29) is 0 Å². The lowest BCUT2D eigenvalue weighted by Crippen LogP contribution is -2.43. The lowest BCUT2D eigenvalue weighted by Gasteiger charge is -2.19. The number of carbonyl (C=O) groups is 1. The van der Waals surface area contributed by atoms with Crippen molar-refractivity contribution in [1.29, 1.82) is 0 Å². The van der Waals surface area contributed by atoms with E-state index in [0.717, 1.165) is 0 Å². The minimum Gasteiger partial charge on any atom is -0.293 e. The summed E-state index contributed by atoms with van der Waals surface area (Å²) >= 11 is 0. The fraction of sp³-hybridized carbons (Fsp3) is 0.417. The zero-order valence-corrected chi connectivity index (χ0v) is 11.0. The van der Waals surface area contributed by atoms with Gasteiger partial charge in [0.15, 0.2) is 5.78 Å². The van der Waals surface area contributed by atoms with Gasteiger partial charge in [-0.25, -0.2) is 13.1 Å². The van der Waals surface area contributed by atoms with Gasteiger partial charge in [-0.3, -0.25) is 4.79 Å². The van der Waals surface area contributed by atoms with Gasteiger partial charge in [-0.1, -0.05) is 30.3 Å². The molecule has 94 valence electrons. The van der Waals surface area contributed by atoms with Gasteiger partial charge in [0.2, 0.25) is 10.0 Å². The molecule has 0 aliphatic heterocycles. The normalized spacial score (nSPS) is 12.4. The number of Topliss-reactive ketones (excluding diaryl/α,β-unsaturated/α-hetero) is 1. The number of carbonyl (C=O) groups excluding carboxylic acids is 1. The van der Waals surface area contributed by atoms with Crippen LogP contribution in [0.5, 0.6) is 0 Å². The molecule has 17 heavy (non-hydrogen) atoms. The fourth-order valence-electron chi connectivity index (χ4n) is 1.38. The molecule has 1 aromatic carbocycles. The molecule has 0 bridgehead atoms. The number of nitrogens with one attached hydrogen (secondary N) is 1. The average molecular weight is 255 g/mol. The summed E-state index contributed by atoms with van der Waals surface area (Å²) in [5.74, 6) is -0.920. The number of rotatable bonds is 4. The van der Waals surface area contributed by atoms with Crippen molar-refractivity contribution in [1.82, 2.24) is 4.72 Å². The maximum atomic E-state index is 11.7. The summed E-state index contributed by atoms with van der Waals surface area (Å²) < 4.78 is 25.8. The van der Waals surface area contributed by atoms with E-state index >= 15 is 0 Å². The van der Waals surface area contributed by atoms with Crippen LogP contribution in [0.3, 0.4) is 0 Å². The van der Waals surface area contributed by atoms with Gasteiger partial charge in [0, 0.05) is 11.1 Å². The third-order valence-corrected chi connectivity index (χ3v) is 3.44. The molecule has 0 atom stereocenters. The fourth-order valence-corrected chi connectivity index (χ4v) is 2.90. The van der Waals surface area contributed by atoms with E-state index in [4.69, 9.17) is 0 Å². The Bertz CT molecular complexity index is 486. The van der Waals surface area contributed by atoms with Gasteiger partial charge < -0.3 is 0 Å². The summed E-state index contributed by atoms with van der Waals surface area (Å²) in [7, 11) is -3.59. The maximum Gasteiger partial charge on any atom is 0.219 e. The molecule has 5 heteroatoms. The maximum absolute atomic E-state index is 11.7. The second-order valence-electron chi connectivity index (χ2n) is 4.90. The molecule has 0 aliphatic carbocycles. The smallest absolute Gasteiger partial charge is 0.219 e. The SMILES string of the molecule is CC(C)(C)NS(=O)(=O)CC(=O)c1ccccc1. The van der Waals surface area contributed by atoms with Gasteiger partial charge in [-0.05, 0) is 20.8 Å². The van der Waals surface area contributed by atoms with E-state index < -0.39 is 27.1 Å². The quantitative estimate of drug-likeness (QED) is 0.831. The highest BCUT2D eigenvalue weighted by atomic mass is 32.2. The van der Waals surface area contributed by atoms with E-state index in [1.807, 2.05) is 0 Å². The van der Waals surface area contributed by atoms with Crippen LogP contribution in [-0.2, 0) is 10.0 Å². The number of sulfonamides is 1. The molecule has 0 unspecified atom stereocenters. The van der Waals surface area contributed by atoms with Crippen molar-refractivity contribution >= 4 is 15.8 Å². The highest BCUT2D eigenvalue weighted by Crippen LogP contribution is 2.06. The van der Waals surface area contributed by atoms with Crippen LogP contribution in [0, 0.1) is 0 Å². The molecule has 0 fully saturated rings. The summed E-state index contributed by atoms with van der Waals surface area (Å²) in [4.78, 5) is 11.7. The lowest BCUT2D eigenvalue weighted by atomic mass is 10.1. The van der Waals surface area contributed by atoms with Gasteiger partial charge in [-0.15, -0.1) is 0 Å². The molecule has 1 aromatic rings. The molecule has 4 nitrogen and oxygen atoms in total. The molecule has 0 spiro atoms. The molecular weight excluding hydrogens is 238 g/mol. The van der Waals surface area contributed by atoms with Crippen LogP contribution >= 0.6 is 0 Å². The molecule has 0 radical (unpaired) electrons. The summed E-state index contributed by atoms with van der Waals surface area (Å²) in [5, 5.41) is 0. The Hall–Kier alpha value is -1.20. The zero-order chi connectivity index (χ0) is 13.1. The third kappa shape index (κ3) is 5.10. The van der Waals surface area contributed by atoms with E-state index in [9.17, 15) is 13.2 Å². The van der Waals surface area contributed by atoms with Crippen LogP contribution in [0.1, 0.15) is 31.1 Å². The van der Waals surface area contributed by atoms with Crippen molar-refractivity contribution in [3.05, 3.63) is 35.9 Å². The van der Waals surface area contributed by atoms with Crippen LogP contribution in [0.2, 0.25) is 0 Å². The van der Waals surface area contributed by atoms with Gasteiger partial charge in [0.25, 0.3) is 0 Å². The lowest BCUT2D eigenvalue weighted by molar-refractivity contribution is 0.102. The number of hydrogen-bond donors (Lipinski definition) is 1. The molecule has 1 rings (SSSR count). The molecule has 0 saturated carbocycles. The number of benzene rings is 1. The first-order chi connectivity index (χ1) is 7.70. The Morgan fingerprint density at radius 2 is 1.71 bits per heavy atom. The standard InChI is InChI=1S/C12H17NO3S/c1-12(2,3)13-17(15,16)9-11(14)10-7-5-4-6-8-10/h4-8,13H,9H2,1-3H3. The summed E-state index contributed by atoms with van der Waals surface area (Å²) in [6, 6.07) is 8.40. The second kappa shape index (κ2) is 4.98. The van der Waals surface area contributed by atoms with Crippen molar-refractivity contribution in [2.45, 2.75) is 26.3 Å². The van der Waals surface area contributed by atoms with Crippen molar-refractivity contribution in [3.63, 3.8) is 0 Å². The number of ketones is 1. The Kier molecular flexibility index (Phi) is 4.06. The molecule has 0 aromatic heterocycles. The van der Waals surface area contributed by atoms with Crippen LogP contribution in [0.15, 0.2) is 30.3 Å². The van der Waals surface area contributed by atoms with Crippen LogP contribution in [-0.4, -0.2) is 25.5 Å². The Labute approximate surface area is 102 Å². The van der Waals surface area contributed by atoms with Gasteiger partial charge >= 0.3 is 0 Å². The second-order valence-corrected chi connectivity index (χ2v) is 6.62. The van der Waals surface area contributed by atoms with Crippen LogP contribution in [0.25, 0.3) is 0 Å². The van der Waals surface area contributed by atoms with Crippen molar-refractivity contribution < 1.29 is 13.2 Å². The van der Waals surface area contributed by atoms with Gasteiger partial charge in [0.05, 0.1) is 0 Å². The monoisotopic (exact) mass is 255 g/mol. The number of hydrogen-bond acceptors (Lipinski definition) is 3. The highest BCUT2D eigenvalue weighted by molar-refractivity contribution is 7.90. The molecule has 0 amide bonds. The first kappa shape index (κ1) is 13.9. The van der Waals surface area contributed by atoms with E-state index in [0.29, 0.717) is 5.56 Å². The zero-order valence-electron chi connectivity index (χ0n) is 10.2. The minimum absolute atomic E-state index is 0.401. The Morgan fingerprint density at radius 1 is 1.18 bits per heavy atom.